The van der Waals surface area contributed by atoms with E-state index in [2.05, 4.69) is 0 Å². The molecule has 0 radical (unpaired) electrons. The van der Waals surface area contributed by atoms with Crippen molar-refractivity contribution >= 4 is 11.6 Å². The minimum atomic E-state index is -0.543. The molecule has 2 atom stereocenters. The Balaban J connectivity index is 1.94. The number of ether oxygens (including phenoxy) is 4. The van der Waals surface area contributed by atoms with Gasteiger partial charge >= 0.3 is 0 Å². The number of hydrogen-bond donors (Lipinski definition) is 0. The summed E-state index contributed by atoms with van der Waals surface area (Å²) >= 11 is 0. The predicted molar refractivity (Wildman–Crippen MR) is 107 cm³/mol. The van der Waals surface area contributed by atoms with Crippen molar-refractivity contribution < 1.29 is 23.7 Å². The Labute approximate surface area is 166 Å². The molecular formula is C22H27NO5. The molecule has 1 saturated heterocycles. The number of amides is 1. The molecule has 1 amide bonds. The number of methoxy groups -OCH3 is 2. The summed E-state index contributed by atoms with van der Waals surface area (Å²) in [4.78, 5) is 15.1. The smallest absolute Gasteiger partial charge is 0.260 e. The lowest BCUT2D eigenvalue weighted by atomic mass is 10.1. The van der Waals surface area contributed by atoms with Crippen LogP contribution >= 0.6 is 0 Å². The maximum absolute atomic E-state index is 13.5. The number of para-hydroxylation sites is 2. The molecule has 0 N–H and O–H groups in total. The van der Waals surface area contributed by atoms with Crippen molar-refractivity contribution in [1.82, 2.24) is 0 Å². The molecule has 2 aromatic carbocycles. The summed E-state index contributed by atoms with van der Waals surface area (Å²) in [6.07, 6.45) is 2.04. The van der Waals surface area contributed by atoms with Crippen molar-refractivity contribution in [3.05, 3.63) is 54.1 Å². The Morgan fingerprint density at radius 1 is 1.11 bits per heavy atom. The van der Waals surface area contributed by atoms with E-state index in [0.29, 0.717) is 29.4 Å². The first-order chi connectivity index (χ1) is 13.6. The molecule has 1 aliphatic rings. The first-order valence-electron chi connectivity index (χ1n) is 9.51. The lowest BCUT2D eigenvalue weighted by molar-refractivity contribution is -0.182. The number of hydrogen-bond acceptors (Lipinski definition) is 5. The van der Waals surface area contributed by atoms with E-state index in [1.54, 1.807) is 43.4 Å². The van der Waals surface area contributed by atoms with Gasteiger partial charge in [-0.25, -0.2) is 0 Å². The largest absolute Gasteiger partial charge is 0.497 e. The van der Waals surface area contributed by atoms with Gasteiger partial charge in [0.25, 0.3) is 5.91 Å². The molecule has 0 bridgehead atoms. The van der Waals surface area contributed by atoms with Gasteiger partial charge < -0.3 is 18.9 Å². The third-order valence-corrected chi connectivity index (χ3v) is 4.73. The average molecular weight is 385 g/mol. The van der Waals surface area contributed by atoms with Crippen LogP contribution in [0, 0.1) is 0 Å². The lowest BCUT2D eigenvalue weighted by Gasteiger charge is -2.34. The van der Waals surface area contributed by atoms with Crippen LogP contribution in [0.15, 0.2) is 48.5 Å². The maximum atomic E-state index is 13.5. The van der Waals surface area contributed by atoms with Crippen molar-refractivity contribution in [3.63, 3.8) is 0 Å². The second-order valence-electron chi connectivity index (χ2n) is 6.61. The standard InChI is InChI=1S/C22H27NO5/c1-16(28-21-13-6-7-14-27-21)23(19-11-4-5-12-20(19)26-3)22(24)17-9-8-10-18(15-17)25-2/h4-5,8-12,15-16,21H,6-7,13-14H2,1-3H3. The zero-order valence-electron chi connectivity index (χ0n) is 16.6. The summed E-state index contributed by atoms with van der Waals surface area (Å²) in [5.41, 5.74) is 1.14. The van der Waals surface area contributed by atoms with E-state index in [9.17, 15) is 4.79 Å². The van der Waals surface area contributed by atoms with Crippen LogP contribution in [0.4, 0.5) is 5.69 Å². The number of anilines is 1. The molecule has 0 aliphatic carbocycles. The number of carbonyl (C=O) groups excluding carboxylic acids is 1. The molecule has 0 saturated carbocycles. The van der Waals surface area contributed by atoms with Gasteiger partial charge in [0.05, 0.1) is 19.9 Å². The molecule has 2 unspecified atom stereocenters. The molecule has 3 rings (SSSR count). The first-order valence-corrected chi connectivity index (χ1v) is 9.51. The molecule has 1 fully saturated rings. The SMILES string of the molecule is COc1cccc(C(=O)N(c2ccccc2OC)C(C)OC2CCCCO2)c1. The molecule has 0 spiro atoms. The highest BCUT2D eigenvalue weighted by atomic mass is 16.7. The summed E-state index contributed by atoms with van der Waals surface area (Å²) in [6.45, 7) is 2.53. The molecule has 6 heteroatoms. The fourth-order valence-corrected chi connectivity index (χ4v) is 3.29. The molecule has 0 aromatic heterocycles. The Morgan fingerprint density at radius 2 is 1.93 bits per heavy atom. The van der Waals surface area contributed by atoms with Gasteiger partial charge in [0.1, 0.15) is 17.7 Å². The minimum Gasteiger partial charge on any atom is -0.497 e. The van der Waals surface area contributed by atoms with E-state index >= 15 is 0 Å². The predicted octanol–water partition coefficient (Wildman–Crippen LogP) is 4.24. The van der Waals surface area contributed by atoms with E-state index in [0.717, 1.165) is 19.3 Å². The Morgan fingerprint density at radius 3 is 2.64 bits per heavy atom. The van der Waals surface area contributed by atoms with Gasteiger partial charge in [0, 0.05) is 12.2 Å². The highest BCUT2D eigenvalue weighted by Gasteiger charge is 2.29. The normalized spacial score (nSPS) is 17.6. The first kappa shape index (κ1) is 20.2. The molecule has 28 heavy (non-hydrogen) atoms. The van der Waals surface area contributed by atoms with Crippen molar-refractivity contribution in [3.8, 4) is 11.5 Å². The van der Waals surface area contributed by atoms with Crippen molar-refractivity contribution in [1.29, 1.82) is 0 Å². The second kappa shape index (κ2) is 9.57. The van der Waals surface area contributed by atoms with E-state index in [1.807, 2.05) is 31.2 Å². The summed E-state index contributed by atoms with van der Waals surface area (Å²) in [5, 5.41) is 0. The van der Waals surface area contributed by atoms with Crippen LogP contribution in [-0.4, -0.2) is 39.3 Å². The molecule has 150 valence electrons. The zero-order valence-corrected chi connectivity index (χ0v) is 16.6. The van der Waals surface area contributed by atoms with Gasteiger partial charge in [-0.05, 0) is 56.5 Å². The van der Waals surface area contributed by atoms with Crippen LogP contribution < -0.4 is 14.4 Å². The van der Waals surface area contributed by atoms with Gasteiger partial charge in [-0.3, -0.25) is 9.69 Å². The quantitative estimate of drug-likeness (QED) is 0.667. The second-order valence-corrected chi connectivity index (χ2v) is 6.61. The number of nitrogens with zero attached hydrogens (tertiary/aromatic N) is 1. The van der Waals surface area contributed by atoms with E-state index < -0.39 is 6.23 Å². The molecule has 1 aliphatic heterocycles. The number of benzene rings is 2. The van der Waals surface area contributed by atoms with Gasteiger partial charge in [0.2, 0.25) is 0 Å². The van der Waals surface area contributed by atoms with Crippen LogP contribution in [-0.2, 0) is 9.47 Å². The highest BCUT2D eigenvalue weighted by molar-refractivity contribution is 6.07. The van der Waals surface area contributed by atoms with E-state index in [-0.39, 0.29) is 12.2 Å². The van der Waals surface area contributed by atoms with Crippen LogP contribution in [0.3, 0.4) is 0 Å². The van der Waals surface area contributed by atoms with E-state index in [1.165, 1.54) is 0 Å². The zero-order chi connectivity index (χ0) is 19.9. The topological polar surface area (TPSA) is 57.2 Å². The van der Waals surface area contributed by atoms with Crippen molar-refractivity contribution in [2.24, 2.45) is 0 Å². The highest BCUT2D eigenvalue weighted by Crippen LogP contribution is 2.32. The fourth-order valence-electron chi connectivity index (χ4n) is 3.29. The molecule has 6 nitrogen and oxygen atoms in total. The maximum Gasteiger partial charge on any atom is 0.260 e. The van der Waals surface area contributed by atoms with Crippen molar-refractivity contribution in [2.75, 3.05) is 25.7 Å². The minimum absolute atomic E-state index is 0.202. The Kier molecular flexibility index (Phi) is 6.90. The van der Waals surface area contributed by atoms with Gasteiger partial charge in [-0.1, -0.05) is 18.2 Å². The summed E-state index contributed by atoms with van der Waals surface area (Å²) in [7, 11) is 3.16. The summed E-state index contributed by atoms with van der Waals surface area (Å²) < 4.78 is 22.6. The number of rotatable bonds is 7. The molecule has 1 heterocycles. The van der Waals surface area contributed by atoms with E-state index in [4.69, 9.17) is 18.9 Å². The third-order valence-electron chi connectivity index (χ3n) is 4.73. The van der Waals surface area contributed by atoms with Crippen LogP contribution in [0.1, 0.15) is 36.5 Å². The van der Waals surface area contributed by atoms with Crippen LogP contribution in [0.25, 0.3) is 0 Å². The van der Waals surface area contributed by atoms with Gasteiger partial charge in [-0.15, -0.1) is 0 Å². The van der Waals surface area contributed by atoms with Gasteiger partial charge in [0.15, 0.2) is 6.29 Å². The average Bonchev–Trinajstić information content (AvgIpc) is 2.75. The summed E-state index contributed by atoms with van der Waals surface area (Å²) in [6, 6.07) is 14.5. The fraction of sp³-hybridized carbons (Fsp3) is 0.409. The lowest BCUT2D eigenvalue weighted by Crippen LogP contribution is -2.43. The van der Waals surface area contributed by atoms with Crippen molar-refractivity contribution in [2.45, 2.75) is 38.7 Å². The number of carbonyl (C=O) groups is 1. The van der Waals surface area contributed by atoms with Crippen LogP contribution in [0.5, 0.6) is 11.5 Å². The Bertz CT molecular complexity index is 788. The Hall–Kier alpha value is -2.57. The third kappa shape index (κ3) is 4.64. The molecular weight excluding hydrogens is 358 g/mol. The molecule has 2 aromatic rings. The monoisotopic (exact) mass is 385 g/mol. The van der Waals surface area contributed by atoms with Crippen LogP contribution in [0.2, 0.25) is 0 Å². The summed E-state index contributed by atoms with van der Waals surface area (Å²) in [5.74, 6) is 1.01. The van der Waals surface area contributed by atoms with Gasteiger partial charge in [-0.2, -0.15) is 0 Å².